The molecule has 1 aromatic heterocycles. The van der Waals surface area contributed by atoms with Crippen molar-refractivity contribution in [3.63, 3.8) is 0 Å². The van der Waals surface area contributed by atoms with Gasteiger partial charge in [0.15, 0.2) is 0 Å². The molecule has 1 spiro atoms. The lowest BCUT2D eigenvalue weighted by Crippen LogP contribution is -2.47. The van der Waals surface area contributed by atoms with E-state index in [1.165, 1.54) is 15.7 Å². The number of benzene rings is 2. The van der Waals surface area contributed by atoms with Gasteiger partial charge in [-0.15, -0.1) is 0 Å². The van der Waals surface area contributed by atoms with Crippen LogP contribution < -0.4 is 16.2 Å². The van der Waals surface area contributed by atoms with Gasteiger partial charge >= 0.3 is 0 Å². The summed E-state index contributed by atoms with van der Waals surface area (Å²) in [6.45, 7) is 3.03. The summed E-state index contributed by atoms with van der Waals surface area (Å²) in [5, 5.41) is -1.36. The topological polar surface area (TPSA) is 64.2 Å². The zero-order valence-electron chi connectivity index (χ0n) is 19.5. The van der Waals surface area contributed by atoms with Gasteiger partial charge in [0.05, 0.1) is 39.3 Å². The van der Waals surface area contributed by atoms with Gasteiger partial charge in [-0.05, 0) is 54.9 Å². The van der Waals surface area contributed by atoms with Crippen LogP contribution in [0.2, 0.25) is 10.0 Å². The summed E-state index contributed by atoms with van der Waals surface area (Å²) in [7, 11) is 18.4. The first-order valence-corrected chi connectivity index (χ1v) is 12.3. The molecule has 172 valence electrons. The summed E-state index contributed by atoms with van der Waals surface area (Å²) in [4.78, 5) is 20.5. The van der Waals surface area contributed by atoms with Crippen LogP contribution in [0.25, 0.3) is 5.69 Å². The monoisotopic (exact) mass is 498 g/mol. The molecular formula is C25H23B3Cl2N4O. The summed E-state index contributed by atoms with van der Waals surface area (Å²) in [6.07, 6.45) is 2.64. The van der Waals surface area contributed by atoms with Crippen molar-refractivity contribution < 1.29 is 0 Å². The second-order valence-corrected chi connectivity index (χ2v) is 10.5. The molecule has 1 fully saturated rings. The van der Waals surface area contributed by atoms with Crippen LogP contribution >= 0.6 is 23.2 Å². The van der Waals surface area contributed by atoms with Gasteiger partial charge < -0.3 is 10.6 Å². The van der Waals surface area contributed by atoms with E-state index in [0.29, 0.717) is 35.4 Å². The van der Waals surface area contributed by atoms with Crippen molar-refractivity contribution >= 4 is 52.6 Å². The summed E-state index contributed by atoms with van der Waals surface area (Å²) in [6, 6.07) is 13.4. The van der Waals surface area contributed by atoms with Gasteiger partial charge in [-0.25, -0.2) is 4.98 Å². The third kappa shape index (κ3) is 4.04. The van der Waals surface area contributed by atoms with E-state index in [9.17, 15) is 4.79 Å². The number of aryl methyl sites for hydroxylation is 1. The number of piperidine rings is 1. The predicted octanol–water partition coefficient (Wildman–Crippen LogP) is 3.31. The van der Waals surface area contributed by atoms with E-state index in [2.05, 4.69) is 18.2 Å². The highest BCUT2D eigenvalue weighted by Crippen LogP contribution is 2.51. The first kappa shape index (κ1) is 24.5. The molecule has 0 saturated carbocycles. The van der Waals surface area contributed by atoms with Gasteiger partial charge in [0, 0.05) is 24.7 Å². The average molecular weight is 499 g/mol. The Labute approximate surface area is 219 Å². The van der Waals surface area contributed by atoms with E-state index in [1.807, 2.05) is 11.0 Å². The Balaban J connectivity index is 1.53. The minimum absolute atomic E-state index is 0.0223. The van der Waals surface area contributed by atoms with Crippen LogP contribution in [-0.2, 0) is 11.5 Å². The highest BCUT2D eigenvalue weighted by atomic mass is 35.5. The molecule has 1 atom stereocenters. The van der Waals surface area contributed by atoms with E-state index in [4.69, 9.17) is 57.5 Å². The molecule has 2 aliphatic rings. The predicted molar refractivity (Wildman–Crippen MR) is 144 cm³/mol. The molecule has 1 aliphatic heterocycles. The van der Waals surface area contributed by atoms with Crippen molar-refractivity contribution in [1.29, 1.82) is 0 Å². The highest BCUT2D eigenvalue weighted by Gasteiger charge is 2.46. The van der Waals surface area contributed by atoms with Gasteiger partial charge in [-0.2, -0.15) is 0 Å². The van der Waals surface area contributed by atoms with Crippen molar-refractivity contribution in [2.75, 3.05) is 18.0 Å². The van der Waals surface area contributed by atoms with Gasteiger partial charge in [0.1, 0.15) is 11.6 Å². The maximum Gasteiger partial charge on any atom is 0.261 e. The number of rotatable bonds is 3. The summed E-state index contributed by atoms with van der Waals surface area (Å²) in [5.41, 5.74) is 9.17. The van der Waals surface area contributed by atoms with Crippen LogP contribution in [0, 0.1) is 12.3 Å². The number of fused-ring (bicyclic) bond motifs is 1. The smallest absolute Gasteiger partial charge is 0.261 e. The Morgan fingerprint density at radius 2 is 1.77 bits per heavy atom. The maximum atomic E-state index is 13.7. The molecule has 1 aliphatic carbocycles. The molecule has 5 rings (SSSR count). The van der Waals surface area contributed by atoms with Crippen LogP contribution in [0.15, 0.2) is 47.3 Å². The number of hydrogen-bond donors (Lipinski definition) is 1. The first-order chi connectivity index (χ1) is 16.5. The second-order valence-electron chi connectivity index (χ2n) is 9.71. The zero-order valence-corrected chi connectivity index (χ0v) is 21.0. The number of aromatic nitrogens is 2. The molecule has 0 bridgehead atoms. The van der Waals surface area contributed by atoms with Crippen molar-refractivity contribution in [3.8, 4) is 5.69 Å². The molecule has 35 heavy (non-hydrogen) atoms. The van der Waals surface area contributed by atoms with Gasteiger partial charge in [0.2, 0.25) is 0 Å². The van der Waals surface area contributed by atoms with Crippen molar-refractivity contribution in [2.45, 2.75) is 37.3 Å². The Hall–Kier alpha value is -2.15. The van der Waals surface area contributed by atoms with E-state index >= 15 is 0 Å². The Morgan fingerprint density at radius 1 is 1.09 bits per heavy atom. The maximum absolute atomic E-state index is 13.7. The van der Waals surface area contributed by atoms with Crippen LogP contribution in [0.3, 0.4) is 0 Å². The molecule has 0 amide bonds. The van der Waals surface area contributed by atoms with Crippen molar-refractivity contribution in [3.05, 3.63) is 85.4 Å². The van der Waals surface area contributed by atoms with Crippen molar-refractivity contribution in [2.24, 2.45) is 11.1 Å². The van der Waals surface area contributed by atoms with Crippen LogP contribution in [-0.4, -0.2) is 46.2 Å². The molecule has 2 N–H and O–H groups in total. The number of hydrogen-bond acceptors (Lipinski definition) is 4. The molecule has 1 saturated heterocycles. The molecule has 2 aromatic carbocycles. The average Bonchev–Trinajstić information content (AvgIpc) is 3.07. The van der Waals surface area contributed by atoms with E-state index < -0.39 is 10.7 Å². The molecular weight excluding hydrogens is 476 g/mol. The number of halogens is 2. The fourth-order valence-corrected chi connectivity index (χ4v) is 6.02. The van der Waals surface area contributed by atoms with Crippen LogP contribution in [0.4, 0.5) is 5.82 Å². The first-order valence-electron chi connectivity index (χ1n) is 11.6. The fourth-order valence-electron chi connectivity index (χ4n) is 5.64. The van der Waals surface area contributed by atoms with E-state index in [1.54, 1.807) is 25.1 Å². The Kier molecular flexibility index (Phi) is 6.14. The number of nitrogens with two attached hydrogens (primary N) is 1. The minimum atomic E-state index is -1.91. The lowest BCUT2D eigenvalue weighted by molar-refractivity contribution is 0.187. The van der Waals surface area contributed by atoms with E-state index in [0.717, 1.165) is 19.3 Å². The SMILES string of the molecule is [B]C([B])([B])c1c(N2CCC3(CC2)Cc2ccccc2[C@H]3N)nc(C)n(-c2cccc(Cl)c2Cl)c1=O. The quantitative estimate of drug-likeness (QED) is 0.563. The second kappa shape index (κ2) is 8.76. The fraction of sp³-hybridized carbons (Fsp3) is 0.360. The summed E-state index contributed by atoms with van der Waals surface area (Å²) in [5.74, 6) is 0.820. The molecule has 10 heteroatoms. The normalized spacial score (nSPS) is 19.2. The third-order valence-corrected chi connectivity index (χ3v) is 8.30. The summed E-state index contributed by atoms with van der Waals surface area (Å²) < 4.78 is 1.35. The van der Waals surface area contributed by atoms with Gasteiger partial charge in [0.25, 0.3) is 5.56 Å². The van der Waals surface area contributed by atoms with Crippen molar-refractivity contribution in [1.82, 2.24) is 9.55 Å². The van der Waals surface area contributed by atoms with Gasteiger partial charge in [-0.1, -0.05) is 58.6 Å². The lowest BCUT2D eigenvalue weighted by atomic mass is 9.40. The van der Waals surface area contributed by atoms with E-state index in [-0.39, 0.29) is 22.0 Å². The lowest BCUT2D eigenvalue weighted by Gasteiger charge is -2.43. The zero-order chi connectivity index (χ0) is 25.1. The number of nitrogens with zero attached hydrogens (tertiary/aromatic N) is 3. The summed E-state index contributed by atoms with van der Waals surface area (Å²) >= 11 is 12.6. The minimum Gasteiger partial charge on any atom is -0.356 e. The Morgan fingerprint density at radius 3 is 2.43 bits per heavy atom. The highest BCUT2D eigenvalue weighted by molar-refractivity contribution is 6.59. The van der Waals surface area contributed by atoms with Crippen LogP contribution in [0.1, 0.15) is 41.4 Å². The van der Waals surface area contributed by atoms with Gasteiger partial charge in [-0.3, -0.25) is 9.36 Å². The number of anilines is 1. The molecule has 6 radical (unpaired) electrons. The third-order valence-electron chi connectivity index (χ3n) is 7.49. The molecule has 0 unspecified atom stereocenters. The van der Waals surface area contributed by atoms with Crippen LogP contribution in [0.5, 0.6) is 0 Å². The largest absolute Gasteiger partial charge is 0.356 e. The standard InChI is InChI=1S/C25H23B3Cl2N4O/c1-14-32-22(19(25(26,27)28)23(35)34(14)18-8-4-7-17(29)20(18)30)33-11-9-24(10-12-33)13-15-5-2-3-6-16(15)21(24)31/h2-8,21H,9-13,31H2,1H3/t21-/m1/s1. The molecule has 2 heterocycles. The molecule has 3 aromatic rings. The molecule has 5 nitrogen and oxygen atoms in total. The Bertz CT molecular complexity index is 1360.